The molecule has 0 radical (unpaired) electrons. The van der Waals surface area contributed by atoms with Gasteiger partial charge in [0, 0.05) is 22.7 Å². The van der Waals surface area contributed by atoms with Gasteiger partial charge >= 0.3 is 0 Å². The fourth-order valence-corrected chi connectivity index (χ4v) is 3.00. The number of halogens is 2. The highest BCUT2D eigenvalue weighted by molar-refractivity contribution is 6.31. The van der Waals surface area contributed by atoms with Gasteiger partial charge in [-0.25, -0.2) is 0 Å². The lowest BCUT2D eigenvalue weighted by Gasteiger charge is -2.36. The van der Waals surface area contributed by atoms with E-state index in [9.17, 15) is 4.79 Å². The molecule has 112 valence electrons. The predicted molar refractivity (Wildman–Crippen MR) is 85.9 cm³/mol. The molecule has 0 aromatic heterocycles. The van der Waals surface area contributed by atoms with Crippen LogP contribution in [0, 0.1) is 12.8 Å². The van der Waals surface area contributed by atoms with Gasteiger partial charge in [-0.05, 0) is 56.5 Å². The van der Waals surface area contributed by atoms with Gasteiger partial charge in [0.2, 0.25) is 0 Å². The second-order valence-electron chi connectivity index (χ2n) is 5.53. The van der Waals surface area contributed by atoms with E-state index < -0.39 is 0 Å². The van der Waals surface area contributed by atoms with Crippen LogP contribution in [0.4, 0.5) is 0 Å². The summed E-state index contributed by atoms with van der Waals surface area (Å²) in [5, 5.41) is 7.13. The second kappa shape index (κ2) is 7.30. The lowest BCUT2D eigenvalue weighted by atomic mass is 9.89. The van der Waals surface area contributed by atoms with Gasteiger partial charge in [-0.15, -0.1) is 12.4 Å². The van der Waals surface area contributed by atoms with Crippen molar-refractivity contribution in [2.24, 2.45) is 5.92 Å². The first kappa shape index (κ1) is 17.3. The summed E-state index contributed by atoms with van der Waals surface area (Å²) in [6, 6.07) is 5.90. The molecule has 0 saturated carbocycles. The van der Waals surface area contributed by atoms with Gasteiger partial charge in [-0.3, -0.25) is 4.79 Å². The Morgan fingerprint density at radius 3 is 2.65 bits per heavy atom. The van der Waals surface area contributed by atoms with E-state index in [2.05, 4.69) is 24.5 Å². The van der Waals surface area contributed by atoms with Gasteiger partial charge in [0.15, 0.2) is 0 Å². The van der Waals surface area contributed by atoms with Gasteiger partial charge in [-0.1, -0.05) is 18.5 Å². The molecular weight excluding hydrogens is 295 g/mol. The Hall–Kier alpha value is -0.770. The first-order chi connectivity index (χ1) is 8.97. The highest BCUT2D eigenvalue weighted by Gasteiger charge is 2.28. The third-order valence-electron chi connectivity index (χ3n) is 3.82. The van der Waals surface area contributed by atoms with Crippen molar-refractivity contribution < 1.29 is 4.79 Å². The number of aryl methyl sites for hydroxylation is 1. The van der Waals surface area contributed by atoms with Crippen molar-refractivity contribution >= 4 is 29.9 Å². The number of rotatable bonds is 2. The number of amides is 1. The molecule has 0 spiro atoms. The van der Waals surface area contributed by atoms with Crippen LogP contribution < -0.4 is 10.6 Å². The van der Waals surface area contributed by atoms with Crippen molar-refractivity contribution in [1.29, 1.82) is 0 Å². The Morgan fingerprint density at radius 2 is 2.05 bits per heavy atom. The maximum absolute atomic E-state index is 12.3. The summed E-state index contributed by atoms with van der Waals surface area (Å²) < 4.78 is 0. The van der Waals surface area contributed by atoms with Gasteiger partial charge in [0.05, 0.1) is 0 Å². The van der Waals surface area contributed by atoms with Gasteiger partial charge in [0.25, 0.3) is 5.91 Å². The molecule has 20 heavy (non-hydrogen) atoms. The minimum absolute atomic E-state index is 0. The molecule has 3 nitrogen and oxygen atoms in total. The van der Waals surface area contributed by atoms with E-state index in [0.29, 0.717) is 22.5 Å². The smallest absolute Gasteiger partial charge is 0.251 e. The zero-order chi connectivity index (χ0) is 14.0. The maximum Gasteiger partial charge on any atom is 0.251 e. The number of carbonyl (C=O) groups excluding carboxylic acids is 1. The zero-order valence-corrected chi connectivity index (χ0v) is 13.6. The van der Waals surface area contributed by atoms with E-state index in [-0.39, 0.29) is 24.4 Å². The van der Waals surface area contributed by atoms with Gasteiger partial charge in [-0.2, -0.15) is 0 Å². The average molecular weight is 317 g/mol. The number of piperidine rings is 1. The Balaban J connectivity index is 0.00000200. The Morgan fingerprint density at radius 1 is 1.35 bits per heavy atom. The van der Waals surface area contributed by atoms with Crippen LogP contribution in [0.25, 0.3) is 0 Å². The summed E-state index contributed by atoms with van der Waals surface area (Å²) in [5.74, 6) is 0.443. The van der Waals surface area contributed by atoms with Crippen LogP contribution in [0.2, 0.25) is 5.02 Å². The van der Waals surface area contributed by atoms with Gasteiger partial charge < -0.3 is 10.6 Å². The number of benzene rings is 1. The van der Waals surface area contributed by atoms with E-state index >= 15 is 0 Å². The molecule has 1 aliphatic rings. The molecule has 3 atom stereocenters. The summed E-state index contributed by atoms with van der Waals surface area (Å²) in [4.78, 5) is 12.3. The highest BCUT2D eigenvalue weighted by atomic mass is 35.5. The summed E-state index contributed by atoms with van der Waals surface area (Å²) in [5.41, 5.74) is 1.63. The molecule has 1 heterocycles. The fourth-order valence-electron chi connectivity index (χ4n) is 2.71. The summed E-state index contributed by atoms with van der Waals surface area (Å²) >= 11 is 6.00. The predicted octanol–water partition coefficient (Wildman–Crippen LogP) is 3.19. The van der Waals surface area contributed by atoms with Crippen LogP contribution in [0.5, 0.6) is 0 Å². The molecule has 1 aromatic carbocycles. The third kappa shape index (κ3) is 4.11. The normalized spacial score (nSPS) is 25.7. The lowest BCUT2D eigenvalue weighted by molar-refractivity contribution is 0.0897. The van der Waals surface area contributed by atoms with E-state index in [1.807, 2.05) is 19.1 Å². The molecule has 1 aromatic rings. The monoisotopic (exact) mass is 316 g/mol. The van der Waals surface area contributed by atoms with Crippen molar-refractivity contribution in [3.63, 3.8) is 0 Å². The summed E-state index contributed by atoms with van der Waals surface area (Å²) in [6.45, 7) is 7.26. The Labute approximate surface area is 131 Å². The molecule has 1 fully saturated rings. The number of hydrogen-bond donors (Lipinski definition) is 2. The molecule has 1 aliphatic heterocycles. The lowest BCUT2D eigenvalue weighted by Crippen LogP contribution is -2.55. The minimum Gasteiger partial charge on any atom is -0.347 e. The fraction of sp³-hybridized carbons (Fsp3) is 0.533. The van der Waals surface area contributed by atoms with E-state index in [0.717, 1.165) is 18.5 Å². The second-order valence-corrected chi connectivity index (χ2v) is 5.96. The van der Waals surface area contributed by atoms with Crippen LogP contribution in [0.1, 0.15) is 36.2 Å². The molecule has 1 saturated heterocycles. The number of carbonyl (C=O) groups is 1. The molecule has 1 amide bonds. The van der Waals surface area contributed by atoms with Crippen LogP contribution in [-0.4, -0.2) is 24.5 Å². The zero-order valence-electron chi connectivity index (χ0n) is 12.1. The molecule has 3 unspecified atom stereocenters. The molecular formula is C15H22Cl2N2O. The number of hydrogen-bond acceptors (Lipinski definition) is 2. The van der Waals surface area contributed by atoms with Crippen LogP contribution in [0.15, 0.2) is 18.2 Å². The summed E-state index contributed by atoms with van der Waals surface area (Å²) in [7, 11) is 0. The average Bonchev–Trinajstić information content (AvgIpc) is 2.32. The van der Waals surface area contributed by atoms with Crippen molar-refractivity contribution in [2.45, 2.75) is 39.3 Å². The van der Waals surface area contributed by atoms with Crippen molar-refractivity contribution in [1.82, 2.24) is 10.6 Å². The molecule has 0 aliphatic carbocycles. The van der Waals surface area contributed by atoms with E-state index in [1.54, 1.807) is 6.07 Å². The van der Waals surface area contributed by atoms with Crippen molar-refractivity contribution in [3.8, 4) is 0 Å². The molecule has 2 rings (SSSR count). The Bertz CT molecular complexity index is 449. The minimum atomic E-state index is -0.0435. The molecule has 0 bridgehead atoms. The summed E-state index contributed by atoms with van der Waals surface area (Å²) in [6.07, 6.45) is 1.09. The van der Waals surface area contributed by atoms with Gasteiger partial charge in [0.1, 0.15) is 0 Å². The SMILES string of the molecule is Cc1cc(Cl)cc(C(=O)NC2C(C)CCNC2C)c1.Cl. The largest absolute Gasteiger partial charge is 0.347 e. The first-order valence-corrected chi connectivity index (χ1v) is 7.16. The standard InChI is InChI=1S/C15H21ClN2O.ClH/c1-9-6-12(8-13(16)7-9)15(19)18-14-10(2)4-5-17-11(14)3;/h6-8,10-11,14,17H,4-5H2,1-3H3,(H,18,19);1H. The highest BCUT2D eigenvalue weighted by Crippen LogP contribution is 2.18. The first-order valence-electron chi connectivity index (χ1n) is 6.79. The quantitative estimate of drug-likeness (QED) is 0.879. The molecule has 5 heteroatoms. The maximum atomic E-state index is 12.3. The van der Waals surface area contributed by atoms with Crippen LogP contribution >= 0.6 is 24.0 Å². The van der Waals surface area contributed by atoms with E-state index in [1.165, 1.54) is 0 Å². The van der Waals surface area contributed by atoms with E-state index in [4.69, 9.17) is 11.6 Å². The molecule has 2 N–H and O–H groups in total. The number of nitrogens with one attached hydrogen (secondary N) is 2. The van der Waals surface area contributed by atoms with Crippen LogP contribution in [0.3, 0.4) is 0 Å². The van der Waals surface area contributed by atoms with Crippen LogP contribution in [-0.2, 0) is 0 Å². The Kier molecular flexibility index (Phi) is 6.31. The van der Waals surface area contributed by atoms with Crippen molar-refractivity contribution in [3.05, 3.63) is 34.3 Å². The van der Waals surface area contributed by atoms with Crippen molar-refractivity contribution in [2.75, 3.05) is 6.54 Å². The topological polar surface area (TPSA) is 41.1 Å². The third-order valence-corrected chi connectivity index (χ3v) is 4.04.